The number of hydrogen-bond donors (Lipinski definition) is 0. The van der Waals surface area contributed by atoms with E-state index in [0.29, 0.717) is 0 Å². The summed E-state index contributed by atoms with van der Waals surface area (Å²) in [5.41, 5.74) is 5.21. The smallest absolute Gasteiger partial charge is 0.136 e. The Morgan fingerprint density at radius 1 is 1.08 bits per heavy atom. The lowest BCUT2D eigenvalue weighted by Crippen LogP contribution is -2.40. The van der Waals surface area contributed by atoms with Gasteiger partial charge in [-0.2, -0.15) is 7.82 Å². The maximum atomic E-state index is 8.55. The van der Waals surface area contributed by atoms with Crippen LogP contribution in [0.15, 0.2) is 55.1 Å². The SMILES string of the molecule is C=Cc1ccc(C)c([N+](C)(C)Cc2ccccc2)c1.O=P([O-])([O-])[O-]. The minimum atomic E-state index is -5.39. The number of benzene rings is 2. The first-order valence-electron chi connectivity index (χ1n) is 7.36. The zero-order chi connectivity index (χ0) is 18.4. The molecule has 0 atom stereocenters. The molecule has 0 N–H and O–H groups in total. The number of phosphoric acid groups is 1. The summed E-state index contributed by atoms with van der Waals surface area (Å²) in [6, 6.07) is 17.2. The molecule has 2 aromatic carbocycles. The van der Waals surface area contributed by atoms with E-state index >= 15 is 0 Å². The second-order valence-corrected chi connectivity index (χ2v) is 6.92. The van der Waals surface area contributed by atoms with E-state index in [1.54, 1.807) is 0 Å². The lowest BCUT2D eigenvalue weighted by molar-refractivity contribution is -0.432. The summed E-state index contributed by atoms with van der Waals surface area (Å²) < 4.78 is 9.39. The van der Waals surface area contributed by atoms with Crippen LogP contribution in [0.1, 0.15) is 16.7 Å². The number of quaternary nitrogens is 1. The summed E-state index contributed by atoms with van der Waals surface area (Å²) in [6.45, 7) is 7.02. The zero-order valence-corrected chi connectivity index (χ0v) is 15.0. The zero-order valence-electron chi connectivity index (χ0n) is 14.1. The summed E-state index contributed by atoms with van der Waals surface area (Å²) >= 11 is 0. The third kappa shape index (κ3) is 7.21. The minimum absolute atomic E-state index is 0.845. The van der Waals surface area contributed by atoms with Crippen molar-refractivity contribution in [3.05, 3.63) is 71.8 Å². The molecule has 0 aliphatic rings. The van der Waals surface area contributed by atoms with E-state index in [4.69, 9.17) is 19.2 Å². The monoisotopic (exact) mass is 347 g/mol. The van der Waals surface area contributed by atoms with Gasteiger partial charge in [0.2, 0.25) is 0 Å². The van der Waals surface area contributed by atoms with Crippen molar-refractivity contribution < 1.29 is 19.2 Å². The summed E-state index contributed by atoms with van der Waals surface area (Å²) in [6.07, 6.45) is 1.91. The fourth-order valence-electron chi connectivity index (χ4n) is 2.53. The molecule has 0 aromatic heterocycles. The molecular formula is C18H22NO4P-2. The van der Waals surface area contributed by atoms with Crippen LogP contribution >= 0.6 is 7.82 Å². The Morgan fingerprint density at radius 3 is 2.12 bits per heavy atom. The van der Waals surface area contributed by atoms with E-state index in [0.717, 1.165) is 11.0 Å². The van der Waals surface area contributed by atoms with E-state index in [9.17, 15) is 0 Å². The molecule has 5 nitrogen and oxygen atoms in total. The molecule has 0 aliphatic heterocycles. The van der Waals surface area contributed by atoms with Gasteiger partial charge in [0.15, 0.2) is 0 Å². The molecule has 0 saturated carbocycles. The fourth-order valence-corrected chi connectivity index (χ4v) is 2.53. The quantitative estimate of drug-likeness (QED) is 0.621. The van der Waals surface area contributed by atoms with Crippen LogP contribution in [0.25, 0.3) is 6.08 Å². The molecule has 6 heteroatoms. The van der Waals surface area contributed by atoms with Crippen LogP contribution in [0.5, 0.6) is 0 Å². The molecule has 130 valence electrons. The fraction of sp³-hybridized carbons (Fsp3) is 0.222. The minimum Gasteiger partial charge on any atom is -0.822 e. The molecule has 0 radical (unpaired) electrons. The predicted molar refractivity (Wildman–Crippen MR) is 92.7 cm³/mol. The summed E-state index contributed by atoms with van der Waals surface area (Å²) in [5.74, 6) is 0. The van der Waals surface area contributed by atoms with Gasteiger partial charge in [0.05, 0.1) is 14.1 Å². The van der Waals surface area contributed by atoms with E-state index in [1.165, 1.54) is 22.4 Å². The third-order valence-electron chi connectivity index (χ3n) is 3.54. The average Bonchev–Trinajstić information content (AvgIpc) is 2.46. The van der Waals surface area contributed by atoms with Gasteiger partial charge in [-0.1, -0.05) is 55.1 Å². The molecule has 0 fully saturated rings. The van der Waals surface area contributed by atoms with Crippen LogP contribution in [0.4, 0.5) is 5.69 Å². The number of hydrogen-bond acceptors (Lipinski definition) is 4. The second kappa shape index (κ2) is 8.38. The Hall–Kier alpha value is -1.75. The molecule has 0 aliphatic carbocycles. The number of aryl methyl sites for hydroxylation is 1. The van der Waals surface area contributed by atoms with Gasteiger partial charge in [-0.15, -0.1) is 0 Å². The Labute approximate surface area is 143 Å². The molecule has 0 unspecified atom stereocenters. The Morgan fingerprint density at radius 2 is 1.62 bits per heavy atom. The Balaban J connectivity index is 0.000000505. The van der Waals surface area contributed by atoms with Crippen molar-refractivity contribution in [3.63, 3.8) is 0 Å². The molecule has 0 bridgehead atoms. The van der Waals surface area contributed by atoms with E-state index in [2.05, 4.69) is 76.1 Å². The highest BCUT2D eigenvalue weighted by atomic mass is 31.2. The molecule has 2 aromatic rings. The molecular weight excluding hydrogens is 325 g/mol. The van der Waals surface area contributed by atoms with Crippen LogP contribution in [-0.2, 0) is 11.1 Å². The maximum Gasteiger partial charge on any atom is 0.136 e. The Bertz CT molecular complexity index is 715. The molecule has 0 saturated heterocycles. The van der Waals surface area contributed by atoms with Gasteiger partial charge < -0.3 is 19.2 Å². The second-order valence-electron chi connectivity index (χ2n) is 6.03. The third-order valence-corrected chi connectivity index (χ3v) is 3.54. The standard InChI is InChI=1S/C18H22N.H3O4P/c1-5-16-12-11-15(2)18(13-16)19(3,4)14-17-9-7-6-8-10-17;1-5(2,3)4/h5-13H,1,14H2,2-4H3;(H3,1,2,3,4)/q+1;/p-3. The van der Waals surface area contributed by atoms with Gasteiger partial charge in [0.25, 0.3) is 0 Å². The maximum absolute atomic E-state index is 8.55. The van der Waals surface area contributed by atoms with Gasteiger partial charge in [0, 0.05) is 17.2 Å². The van der Waals surface area contributed by atoms with Crippen LogP contribution < -0.4 is 19.2 Å². The van der Waals surface area contributed by atoms with Gasteiger partial charge >= 0.3 is 0 Å². The molecule has 2 rings (SSSR count). The van der Waals surface area contributed by atoms with E-state index < -0.39 is 7.82 Å². The molecule has 0 heterocycles. The summed E-state index contributed by atoms with van der Waals surface area (Å²) in [4.78, 5) is 25.6. The molecule has 0 spiro atoms. The van der Waals surface area contributed by atoms with Gasteiger partial charge in [0.1, 0.15) is 12.2 Å². The van der Waals surface area contributed by atoms with Crippen molar-refractivity contribution in [2.75, 3.05) is 14.1 Å². The van der Waals surface area contributed by atoms with Crippen molar-refractivity contribution in [2.24, 2.45) is 0 Å². The lowest BCUT2D eigenvalue weighted by atomic mass is 10.1. The topological polar surface area (TPSA) is 86.2 Å². The van der Waals surface area contributed by atoms with Crippen molar-refractivity contribution in [3.8, 4) is 0 Å². The van der Waals surface area contributed by atoms with Gasteiger partial charge in [-0.05, 0) is 12.5 Å². The summed E-state index contributed by atoms with van der Waals surface area (Å²) in [7, 11) is -0.885. The lowest BCUT2D eigenvalue weighted by Gasteiger charge is -2.36. The normalized spacial score (nSPS) is 11.4. The van der Waals surface area contributed by atoms with Gasteiger partial charge in [-0.25, -0.2) is 0 Å². The van der Waals surface area contributed by atoms with Crippen molar-refractivity contribution in [1.82, 2.24) is 4.48 Å². The highest BCUT2D eigenvalue weighted by Gasteiger charge is 2.22. The van der Waals surface area contributed by atoms with Crippen LogP contribution in [-0.4, -0.2) is 14.1 Å². The average molecular weight is 347 g/mol. The summed E-state index contributed by atoms with van der Waals surface area (Å²) in [5, 5.41) is 0. The van der Waals surface area contributed by atoms with Crippen LogP contribution in [0.2, 0.25) is 0 Å². The number of rotatable bonds is 4. The Kier molecular flexibility index (Phi) is 7.08. The first-order chi connectivity index (χ1) is 11.0. The van der Waals surface area contributed by atoms with Crippen molar-refractivity contribution in [1.29, 1.82) is 0 Å². The highest BCUT2D eigenvalue weighted by molar-refractivity contribution is 7.40. The van der Waals surface area contributed by atoms with Crippen LogP contribution in [0, 0.1) is 6.92 Å². The van der Waals surface area contributed by atoms with Crippen molar-refractivity contribution in [2.45, 2.75) is 13.5 Å². The van der Waals surface area contributed by atoms with Gasteiger partial charge in [-0.3, -0.25) is 4.48 Å². The van der Waals surface area contributed by atoms with Crippen molar-refractivity contribution >= 4 is 19.6 Å². The van der Waals surface area contributed by atoms with E-state index in [-0.39, 0.29) is 0 Å². The van der Waals surface area contributed by atoms with E-state index in [1.807, 2.05) is 6.08 Å². The molecule has 24 heavy (non-hydrogen) atoms. The molecule has 0 amide bonds. The first-order valence-corrected chi connectivity index (χ1v) is 8.82. The predicted octanol–water partition coefficient (Wildman–Crippen LogP) is 1.58. The first kappa shape index (κ1) is 20.3. The van der Waals surface area contributed by atoms with Crippen LogP contribution in [0.3, 0.4) is 0 Å². The highest BCUT2D eigenvalue weighted by Crippen LogP contribution is 2.27. The number of nitrogens with zero attached hydrogens (tertiary/aromatic N) is 1. The largest absolute Gasteiger partial charge is 0.822 e.